The van der Waals surface area contributed by atoms with Gasteiger partial charge in [0.1, 0.15) is 5.69 Å². The third-order valence-electron chi connectivity index (χ3n) is 4.03. The number of hydrogen-bond acceptors (Lipinski definition) is 6. The van der Waals surface area contributed by atoms with E-state index in [1.54, 1.807) is 24.3 Å². The lowest BCUT2D eigenvalue weighted by molar-refractivity contribution is -0.119. The Labute approximate surface area is 174 Å². The number of aromatic amines is 1. The molecule has 156 valence electrons. The summed E-state index contributed by atoms with van der Waals surface area (Å²) in [7, 11) is 0. The Morgan fingerprint density at radius 2 is 1.70 bits per heavy atom. The molecule has 0 unspecified atom stereocenters. The second kappa shape index (κ2) is 10.1. The van der Waals surface area contributed by atoms with Crippen LogP contribution in [0.25, 0.3) is 11.3 Å². The van der Waals surface area contributed by atoms with Crippen molar-refractivity contribution >= 4 is 17.6 Å². The summed E-state index contributed by atoms with van der Waals surface area (Å²) in [4.78, 5) is 24.4. The number of nitrogens with one attached hydrogen (secondary N) is 2. The molecule has 0 aliphatic heterocycles. The summed E-state index contributed by atoms with van der Waals surface area (Å²) in [5.41, 5.74) is 2.16. The van der Waals surface area contributed by atoms with Crippen LogP contribution in [0.15, 0.2) is 54.6 Å². The molecule has 30 heavy (non-hydrogen) atoms. The van der Waals surface area contributed by atoms with Crippen LogP contribution in [-0.4, -0.2) is 41.9 Å². The lowest BCUT2D eigenvalue weighted by Crippen LogP contribution is -2.21. The molecule has 0 saturated heterocycles. The highest BCUT2D eigenvalue weighted by Gasteiger charge is 2.15. The Bertz CT molecular complexity index is 1000. The quantitative estimate of drug-likeness (QED) is 0.523. The zero-order valence-corrected chi connectivity index (χ0v) is 16.8. The van der Waals surface area contributed by atoms with Crippen LogP contribution < -0.4 is 14.8 Å². The van der Waals surface area contributed by atoms with Gasteiger partial charge < -0.3 is 19.5 Å². The Hall–Kier alpha value is -3.81. The fourth-order valence-corrected chi connectivity index (χ4v) is 2.72. The number of carbonyl (C=O) groups excluding carboxylic acids is 2. The van der Waals surface area contributed by atoms with Gasteiger partial charge in [-0.2, -0.15) is 5.10 Å². The predicted octanol–water partition coefficient (Wildman–Crippen LogP) is 3.67. The fourth-order valence-electron chi connectivity index (χ4n) is 2.72. The Kier molecular flexibility index (Phi) is 7.05. The van der Waals surface area contributed by atoms with Crippen molar-refractivity contribution in [1.82, 2.24) is 10.2 Å². The minimum atomic E-state index is -0.665. The Morgan fingerprint density at radius 3 is 2.43 bits per heavy atom. The second-order valence-electron chi connectivity index (χ2n) is 6.18. The van der Waals surface area contributed by atoms with E-state index in [0.29, 0.717) is 36.1 Å². The number of H-pyrrole nitrogens is 1. The molecule has 0 fully saturated rings. The molecule has 0 radical (unpaired) electrons. The molecule has 1 heterocycles. The van der Waals surface area contributed by atoms with E-state index in [1.807, 2.05) is 44.2 Å². The van der Waals surface area contributed by atoms with Crippen LogP contribution in [0.4, 0.5) is 5.69 Å². The van der Waals surface area contributed by atoms with Crippen molar-refractivity contribution < 1.29 is 23.8 Å². The van der Waals surface area contributed by atoms with E-state index < -0.39 is 18.5 Å². The molecular formula is C22H23N3O5. The van der Waals surface area contributed by atoms with Crippen LogP contribution in [0.3, 0.4) is 0 Å². The SMILES string of the molecule is CCOc1ccc(NC(=O)COC(=O)c2cc(-c3ccccc3)n[nH]2)cc1OCC. The average molecular weight is 409 g/mol. The largest absolute Gasteiger partial charge is 0.490 e. The van der Waals surface area contributed by atoms with Crippen molar-refractivity contribution in [3.05, 3.63) is 60.3 Å². The van der Waals surface area contributed by atoms with Gasteiger partial charge in [0, 0.05) is 17.3 Å². The van der Waals surface area contributed by atoms with Gasteiger partial charge in [-0.15, -0.1) is 0 Å². The van der Waals surface area contributed by atoms with E-state index in [-0.39, 0.29) is 5.69 Å². The lowest BCUT2D eigenvalue weighted by Gasteiger charge is -2.13. The monoisotopic (exact) mass is 409 g/mol. The van der Waals surface area contributed by atoms with Crippen LogP contribution in [0.2, 0.25) is 0 Å². The molecule has 2 aromatic carbocycles. The molecule has 1 amide bonds. The van der Waals surface area contributed by atoms with Crippen molar-refractivity contribution in [3.8, 4) is 22.8 Å². The van der Waals surface area contributed by atoms with Gasteiger partial charge in [-0.1, -0.05) is 30.3 Å². The number of aromatic nitrogens is 2. The minimum Gasteiger partial charge on any atom is -0.490 e. The number of carbonyl (C=O) groups is 2. The van der Waals surface area contributed by atoms with Gasteiger partial charge in [0.05, 0.1) is 18.9 Å². The molecule has 0 saturated carbocycles. The Morgan fingerprint density at radius 1 is 0.967 bits per heavy atom. The van der Waals surface area contributed by atoms with Gasteiger partial charge in [-0.25, -0.2) is 4.79 Å². The molecule has 0 bridgehead atoms. The van der Waals surface area contributed by atoms with Crippen LogP contribution in [0.1, 0.15) is 24.3 Å². The highest BCUT2D eigenvalue weighted by Crippen LogP contribution is 2.30. The first-order chi connectivity index (χ1) is 14.6. The maximum Gasteiger partial charge on any atom is 0.356 e. The van der Waals surface area contributed by atoms with E-state index in [2.05, 4.69) is 15.5 Å². The molecule has 0 aliphatic rings. The second-order valence-corrected chi connectivity index (χ2v) is 6.18. The fraction of sp³-hybridized carbons (Fsp3) is 0.227. The summed E-state index contributed by atoms with van der Waals surface area (Å²) in [6.07, 6.45) is 0. The standard InChI is InChI=1S/C22H23N3O5/c1-3-28-19-11-10-16(12-20(19)29-4-2)23-21(26)14-30-22(27)18-13-17(24-25-18)15-8-6-5-7-9-15/h5-13H,3-4,14H2,1-2H3,(H,23,26)(H,24,25). The molecule has 8 heteroatoms. The molecule has 0 aliphatic carbocycles. The number of rotatable bonds is 9. The van der Waals surface area contributed by atoms with Crippen molar-refractivity contribution in [2.45, 2.75) is 13.8 Å². The van der Waals surface area contributed by atoms with Gasteiger partial charge in [0.25, 0.3) is 5.91 Å². The zero-order chi connectivity index (χ0) is 21.3. The summed E-state index contributed by atoms with van der Waals surface area (Å²) < 4.78 is 16.1. The van der Waals surface area contributed by atoms with Crippen LogP contribution in [0, 0.1) is 0 Å². The third kappa shape index (κ3) is 5.38. The smallest absolute Gasteiger partial charge is 0.356 e. The van der Waals surface area contributed by atoms with Gasteiger partial charge in [-0.05, 0) is 32.0 Å². The third-order valence-corrected chi connectivity index (χ3v) is 4.03. The van der Waals surface area contributed by atoms with Crippen molar-refractivity contribution in [1.29, 1.82) is 0 Å². The molecule has 3 aromatic rings. The van der Waals surface area contributed by atoms with Gasteiger partial charge in [0.2, 0.25) is 0 Å². The van der Waals surface area contributed by atoms with Gasteiger partial charge in [-0.3, -0.25) is 9.89 Å². The molecule has 1 aromatic heterocycles. The Balaban J connectivity index is 1.56. The highest BCUT2D eigenvalue weighted by atomic mass is 16.5. The summed E-state index contributed by atoms with van der Waals surface area (Å²) in [6, 6.07) is 16.1. The molecule has 0 atom stereocenters. The number of esters is 1. The van der Waals surface area contributed by atoms with E-state index in [0.717, 1.165) is 5.56 Å². The van der Waals surface area contributed by atoms with Crippen LogP contribution in [0.5, 0.6) is 11.5 Å². The number of amides is 1. The first-order valence-electron chi connectivity index (χ1n) is 9.58. The molecule has 0 spiro atoms. The number of ether oxygens (including phenoxy) is 3. The summed E-state index contributed by atoms with van der Waals surface area (Å²) >= 11 is 0. The summed E-state index contributed by atoms with van der Waals surface area (Å²) in [5.74, 6) is -0.0171. The summed E-state index contributed by atoms with van der Waals surface area (Å²) in [5, 5.41) is 9.40. The van der Waals surface area contributed by atoms with Crippen molar-refractivity contribution in [2.75, 3.05) is 25.1 Å². The predicted molar refractivity (Wildman–Crippen MR) is 112 cm³/mol. The molecule has 3 rings (SSSR count). The first-order valence-corrected chi connectivity index (χ1v) is 9.58. The number of nitrogens with zero attached hydrogens (tertiary/aromatic N) is 1. The molecular weight excluding hydrogens is 386 g/mol. The number of hydrogen-bond donors (Lipinski definition) is 2. The van der Waals surface area contributed by atoms with Gasteiger partial charge >= 0.3 is 5.97 Å². The van der Waals surface area contributed by atoms with E-state index in [9.17, 15) is 9.59 Å². The number of benzene rings is 2. The van der Waals surface area contributed by atoms with E-state index in [1.165, 1.54) is 0 Å². The maximum atomic E-state index is 12.2. The van der Waals surface area contributed by atoms with E-state index >= 15 is 0 Å². The normalized spacial score (nSPS) is 10.3. The van der Waals surface area contributed by atoms with Crippen molar-refractivity contribution in [2.24, 2.45) is 0 Å². The molecule has 8 nitrogen and oxygen atoms in total. The highest BCUT2D eigenvalue weighted by molar-refractivity contribution is 5.95. The molecule has 2 N–H and O–H groups in total. The van der Waals surface area contributed by atoms with E-state index in [4.69, 9.17) is 14.2 Å². The minimum absolute atomic E-state index is 0.168. The topological polar surface area (TPSA) is 103 Å². The first kappa shape index (κ1) is 20.9. The van der Waals surface area contributed by atoms with Gasteiger partial charge in [0.15, 0.2) is 18.1 Å². The van der Waals surface area contributed by atoms with Crippen molar-refractivity contribution in [3.63, 3.8) is 0 Å². The zero-order valence-electron chi connectivity index (χ0n) is 16.8. The summed E-state index contributed by atoms with van der Waals surface area (Å²) in [6.45, 7) is 4.27. The number of anilines is 1. The maximum absolute atomic E-state index is 12.2. The van der Waals surface area contributed by atoms with Crippen LogP contribution in [-0.2, 0) is 9.53 Å². The lowest BCUT2D eigenvalue weighted by atomic mass is 10.1. The average Bonchev–Trinajstić information content (AvgIpc) is 3.25. The van der Waals surface area contributed by atoms with Crippen LogP contribution >= 0.6 is 0 Å².